The molecule has 0 aliphatic carbocycles. The molecule has 2 atom stereocenters. The van der Waals surface area contributed by atoms with Gasteiger partial charge in [-0.25, -0.2) is 0 Å². The van der Waals surface area contributed by atoms with Crippen LogP contribution in [0.1, 0.15) is 34.9 Å². The van der Waals surface area contributed by atoms with Gasteiger partial charge in [-0.3, -0.25) is 14.6 Å². The number of aromatic nitrogens is 1. The van der Waals surface area contributed by atoms with Gasteiger partial charge in [0, 0.05) is 36.8 Å². The summed E-state index contributed by atoms with van der Waals surface area (Å²) in [6, 6.07) is 5.30. The molecular formula is C21H23N3O4S. The molecule has 8 heteroatoms. The number of ether oxygens (including phenoxy) is 2. The van der Waals surface area contributed by atoms with E-state index in [2.05, 4.69) is 21.7 Å². The van der Waals surface area contributed by atoms with E-state index < -0.39 is 12.1 Å². The third-order valence-corrected chi connectivity index (χ3v) is 7.11. The molecular weight excluding hydrogens is 390 g/mol. The molecule has 5 heterocycles. The Bertz CT molecular complexity index is 908. The molecule has 29 heavy (non-hydrogen) atoms. The van der Waals surface area contributed by atoms with E-state index in [0.717, 1.165) is 31.4 Å². The minimum absolute atomic E-state index is 0.0879. The number of likely N-dealkylation sites (tertiary alicyclic amines) is 1. The number of nitrogens with one attached hydrogen (secondary N) is 1. The number of carbonyl (C=O) groups is 2. The lowest BCUT2D eigenvalue weighted by molar-refractivity contribution is -0.160. The summed E-state index contributed by atoms with van der Waals surface area (Å²) in [4.78, 5) is 32.6. The molecule has 2 amide bonds. The predicted octanol–water partition coefficient (Wildman–Crippen LogP) is 1.79. The number of thiophene rings is 1. The summed E-state index contributed by atoms with van der Waals surface area (Å²) in [5, 5.41) is 5.03. The molecule has 0 aromatic carbocycles. The zero-order chi connectivity index (χ0) is 19.8. The molecule has 0 bridgehead atoms. The van der Waals surface area contributed by atoms with Crippen LogP contribution in [0.5, 0.6) is 0 Å². The van der Waals surface area contributed by atoms with Gasteiger partial charge in [-0.05, 0) is 41.5 Å². The van der Waals surface area contributed by atoms with Crippen LogP contribution in [0.25, 0.3) is 0 Å². The summed E-state index contributed by atoms with van der Waals surface area (Å²) in [5.74, 6) is -0.309. The number of morpholine rings is 1. The number of hydrogen-bond acceptors (Lipinski definition) is 6. The van der Waals surface area contributed by atoms with E-state index in [9.17, 15) is 9.59 Å². The van der Waals surface area contributed by atoms with Crippen LogP contribution in [-0.4, -0.2) is 54.1 Å². The summed E-state index contributed by atoms with van der Waals surface area (Å²) in [5.41, 5.74) is 1.80. The third-order valence-electron chi connectivity index (χ3n) is 6.13. The molecule has 0 saturated carbocycles. The Hall–Kier alpha value is -2.29. The Morgan fingerprint density at radius 2 is 2.17 bits per heavy atom. The lowest BCUT2D eigenvalue weighted by atomic mass is 9.82. The normalized spacial score (nSPS) is 26.1. The maximum Gasteiger partial charge on any atom is 0.254 e. The predicted molar refractivity (Wildman–Crippen MR) is 106 cm³/mol. The van der Waals surface area contributed by atoms with Crippen LogP contribution in [0, 0.1) is 0 Å². The van der Waals surface area contributed by atoms with E-state index in [1.54, 1.807) is 29.8 Å². The average molecular weight is 413 g/mol. The van der Waals surface area contributed by atoms with Crippen LogP contribution < -0.4 is 5.32 Å². The first-order chi connectivity index (χ1) is 14.2. The molecule has 3 aliphatic rings. The first kappa shape index (κ1) is 18.7. The van der Waals surface area contributed by atoms with Crippen molar-refractivity contribution >= 4 is 23.2 Å². The van der Waals surface area contributed by atoms with Gasteiger partial charge in [-0.15, -0.1) is 11.3 Å². The van der Waals surface area contributed by atoms with Crippen LogP contribution >= 0.6 is 11.3 Å². The van der Waals surface area contributed by atoms with Crippen molar-refractivity contribution in [2.24, 2.45) is 0 Å². The van der Waals surface area contributed by atoms with Gasteiger partial charge >= 0.3 is 0 Å². The van der Waals surface area contributed by atoms with Crippen molar-refractivity contribution in [2.75, 3.05) is 26.3 Å². The second-order valence-electron chi connectivity index (χ2n) is 7.74. The number of carbonyl (C=O) groups excluding carboxylic acids is 2. The summed E-state index contributed by atoms with van der Waals surface area (Å²) in [6.07, 6.45) is 5.12. The topological polar surface area (TPSA) is 80.8 Å². The second-order valence-corrected chi connectivity index (χ2v) is 8.74. The third kappa shape index (κ3) is 3.35. The van der Waals surface area contributed by atoms with Crippen molar-refractivity contribution in [1.82, 2.24) is 15.2 Å². The molecule has 2 aromatic rings. The van der Waals surface area contributed by atoms with Crippen LogP contribution in [0.3, 0.4) is 0 Å². The molecule has 3 aliphatic heterocycles. The molecule has 0 unspecified atom stereocenters. The smallest absolute Gasteiger partial charge is 0.254 e. The fourth-order valence-corrected chi connectivity index (χ4v) is 5.57. The molecule has 1 spiro atoms. The molecule has 0 radical (unpaired) electrons. The molecule has 2 fully saturated rings. The van der Waals surface area contributed by atoms with Crippen molar-refractivity contribution in [1.29, 1.82) is 0 Å². The lowest BCUT2D eigenvalue weighted by Crippen LogP contribution is -2.56. The zero-order valence-electron chi connectivity index (χ0n) is 16.0. The SMILES string of the molecule is O=C1CO[C@H](C(=O)N2CCC3(CC2)OCCc2sccc23)[C@@H](c2cccnc2)N1. The van der Waals surface area contributed by atoms with Crippen molar-refractivity contribution in [2.45, 2.75) is 37.0 Å². The second kappa shape index (κ2) is 7.51. The number of nitrogens with zero attached hydrogens (tertiary/aromatic N) is 2. The van der Waals surface area contributed by atoms with Gasteiger partial charge in [0.15, 0.2) is 6.10 Å². The average Bonchev–Trinajstić information content (AvgIpc) is 3.25. The quantitative estimate of drug-likeness (QED) is 0.812. The maximum absolute atomic E-state index is 13.3. The van der Waals surface area contributed by atoms with E-state index in [1.165, 1.54) is 10.4 Å². The standard InChI is InChI=1S/C21H23N3O4S/c25-17-13-27-19(18(23-17)14-2-1-7-22-12-14)20(26)24-8-5-21(6-9-24)15-4-11-29-16(15)3-10-28-21/h1-2,4,7,11-12,18-19H,3,5-6,8-10,13H2,(H,23,25)/t18-,19+/m1/s1. The minimum atomic E-state index is -0.741. The highest BCUT2D eigenvalue weighted by molar-refractivity contribution is 7.10. The molecule has 2 aromatic heterocycles. The van der Waals surface area contributed by atoms with Gasteiger partial charge < -0.3 is 19.7 Å². The number of rotatable bonds is 2. The highest BCUT2D eigenvalue weighted by Gasteiger charge is 2.45. The van der Waals surface area contributed by atoms with Crippen LogP contribution in [0.4, 0.5) is 0 Å². The van der Waals surface area contributed by atoms with E-state index in [-0.39, 0.29) is 24.0 Å². The highest BCUT2D eigenvalue weighted by Crippen LogP contribution is 2.43. The van der Waals surface area contributed by atoms with Gasteiger partial charge in [0.25, 0.3) is 5.91 Å². The first-order valence-electron chi connectivity index (χ1n) is 9.97. The van der Waals surface area contributed by atoms with E-state index in [4.69, 9.17) is 9.47 Å². The Kier molecular flexibility index (Phi) is 4.85. The fraction of sp³-hybridized carbons (Fsp3) is 0.476. The summed E-state index contributed by atoms with van der Waals surface area (Å²) in [7, 11) is 0. The molecule has 152 valence electrons. The van der Waals surface area contributed by atoms with E-state index >= 15 is 0 Å². The number of pyridine rings is 1. The van der Waals surface area contributed by atoms with Gasteiger partial charge in [0.2, 0.25) is 5.91 Å². The Labute approximate surface area is 173 Å². The maximum atomic E-state index is 13.3. The first-order valence-corrected chi connectivity index (χ1v) is 10.8. The molecule has 2 saturated heterocycles. The number of piperidine rings is 1. The van der Waals surface area contributed by atoms with Crippen LogP contribution in [0.15, 0.2) is 36.0 Å². The van der Waals surface area contributed by atoms with Gasteiger partial charge in [0.1, 0.15) is 6.61 Å². The van der Waals surface area contributed by atoms with Crippen molar-refractivity contribution in [3.63, 3.8) is 0 Å². The van der Waals surface area contributed by atoms with E-state index in [1.807, 2.05) is 11.0 Å². The van der Waals surface area contributed by atoms with E-state index in [0.29, 0.717) is 13.1 Å². The summed E-state index contributed by atoms with van der Waals surface area (Å²) < 4.78 is 11.9. The Morgan fingerprint density at radius 1 is 1.31 bits per heavy atom. The van der Waals surface area contributed by atoms with Crippen LogP contribution in [-0.2, 0) is 31.1 Å². The molecule has 1 N–H and O–H groups in total. The Morgan fingerprint density at radius 3 is 2.97 bits per heavy atom. The zero-order valence-corrected chi connectivity index (χ0v) is 16.8. The van der Waals surface area contributed by atoms with Crippen LogP contribution in [0.2, 0.25) is 0 Å². The molecule has 5 rings (SSSR count). The summed E-state index contributed by atoms with van der Waals surface area (Å²) in [6.45, 7) is 1.86. The number of fused-ring (bicyclic) bond motifs is 2. The van der Waals surface area contributed by atoms with Gasteiger partial charge in [0.05, 0.1) is 18.2 Å². The van der Waals surface area contributed by atoms with Crippen molar-refractivity contribution in [3.8, 4) is 0 Å². The Balaban J connectivity index is 1.32. The monoisotopic (exact) mass is 413 g/mol. The largest absolute Gasteiger partial charge is 0.370 e. The lowest BCUT2D eigenvalue weighted by Gasteiger charge is -2.45. The van der Waals surface area contributed by atoms with Crippen molar-refractivity contribution in [3.05, 3.63) is 52.0 Å². The van der Waals surface area contributed by atoms with Crippen molar-refractivity contribution < 1.29 is 19.1 Å². The van der Waals surface area contributed by atoms with Gasteiger partial charge in [-0.1, -0.05) is 6.07 Å². The minimum Gasteiger partial charge on any atom is -0.370 e. The fourth-order valence-electron chi connectivity index (χ4n) is 4.62. The number of amides is 2. The number of hydrogen-bond donors (Lipinski definition) is 1. The summed E-state index contributed by atoms with van der Waals surface area (Å²) >= 11 is 1.79. The van der Waals surface area contributed by atoms with Gasteiger partial charge in [-0.2, -0.15) is 0 Å². The highest BCUT2D eigenvalue weighted by atomic mass is 32.1. The molecule has 7 nitrogen and oxygen atoms in total.